The van der Waals surface area contributed by atoms with Gasteiger partial charge in [-0.3, -0.25) is 4.79 Å². The molecule has 31 heavy (non-hydrogen) atoms. The predicted molar refractivity (Wildman–Crippen MR) is 128 cm³/mol. The molecule has 0 spiro atoms. The van der Waals surface area contributed by atoms with Crippen LogP contribution in [0.3, 0.4) is 0 Å². The van der Waals surface area contributed by atoms with Gasteiger partial charge in [-0.15, -0.1) is 0 Å². The third-order valence-corrected chi connectivity index (χ3v) is 7.04. The van der Waals surface area contributed by atoms with Crippen molar-refractivity contribution in [3.63, 3.8) is 0 Å². The molecule has 0 fully saturated rings. The summed E-state index contributed by atoms with van der Waals surface area (Å²) < 4.78 is 6.09. The summed E-state index contributed by atoms with van der Waals surface area (Å²) in [5.74, 6) is 0.613. The van der Waals surface area contributed by atoms with Crippen LogP contribution in [0.1, 0.15) is 43.9 Å². The Balaban J connectivity index is 1.80. The Morgan fingerprint density at radius 3 is 2.68 bits per heavy atom. The van der Waals surface area contributed by atoms with Crippen LogP contribution in [0.4, 0.5) is 5.69 Å². The normalized spacial score (nSPS) is 19.6. The SMILES string of the molecule is COc1cc([C@H]2Nc3ccc4ccccc4c3C3=C2C(=O)CC(C)(C)C3)c(Br)cc1O. The molecule has 0 aromatic heterocycles. The average Bonchev–Trinajstić information content (AvgIpc) is 2.72. The number of phenols is 1. The number of hydrogen-bond acceptors (Lipinski definition) is 4. The van der Waals surface area contributed by atoms with Crippen molar-refractivity contribution in [2.24, 2.45) is 5.41 Å². The summed E-state index contributed by atoms with van der Waals surface area (Å²) >= 11 is 3.60. The molecular weight excluding hydrogens is 454 g/mol. The van der Waals surface area contributed by atoms with Crippen molar-refractivity contribution in [2.75, 3.05) is 12.4 Å². The molecule has 0 saturated heterocycles. The van der Waals surface area contributed by atoms with Crippen LogP contribution in [-0.4, -0.2) is 18.0 Å². The number of carbonyl (C=O) groups is 1. The van der Waals surface area contributed by atoms with Crippen LogP contribution in [-0.2, 0) is 4.79 Å². The van der Waals surface area contributed by atoms with Crippen LogP contribution in [0, 0.1) is 5.41 Å². The van der Waals surface area contributed by atoms with Crippen LogP contribution in [0.15, 0.2) is 58.6 Å². The van der Waals surface area contributed by atoms with E-state index >= 15 is 0 Å². The Labute approximate surface area is 190 Å². The maximum atomic E-state index is 13.5. The number of methoxy groups -OCH3 is 1. The first-order valence-electron chi connectivity index (χ1n) is 10.4. The van der Waals surface area contributed by atoms with Gasteiger partial charge in [0.1, 0.15) is 0 Å². The molecule has 0 unspecified atom stereocenters. The lowest BCUT2D eigenvalue weighted by atomic mass is 9.68. The summed E-state index contributed by atoms with van der Waals surface area (Å²) in [6.45, 7) is 4.33. The Bertz CT molecular complexity index is 1280. The quantitative estimate of drug-likeness (QED) is 0.434. The number of rotatable bonds is 2. The lowest BCUT2D eigenvalue weighted by Gasteiger charge is -2.40. The number of hydrogen-bond donors (Lipinski definition) is 2. The Hall–Kier alpha value is -2.79. The molecule has 1 aliphatic carbocycles. The van der Waals surface area contributed by atoms with Gasteiger partial charge in [0.15, 0.2) is 17.3 Å². The van der Waals surface area contributed by atoms with E-state index in [0.717, 1.165) is 49.6 Å². The van der Waals surface area contributed by atoms with Crippen molar-refractivity contribution in [3.8, 4) is 11.5 Å². The summed E-state index contributed by atoms with van der Waals surface area (Å²) in [6.07, 6.45) is 1.34. The third-order valence-electron chi connectivity index (χ3n) is 6.35. The van der Waals surface area contributed by atoms with Crippen molar-refractivity contribution in [3.05, 3.63) is 69.7 Å². The molecule has 4 nitrogen and oxygen atoms in total. The number of allylic oxidation sites excluding steroid dienone is 1. The Morgan fingerprint density at radius 1 is 1.13 bits per heavy atom. The van der Waals surface area contributed by atoms with Gasteiger partial charge in [-0.25, -0.2) is 0 Å². The number of phenolic OH excluding ortho intramolecular Hbond substituents is 1. The average molecular weight is 478 g/mol. The fourth-order valence-corrected chi connectivity index (χ4v) is 5.57. The molecule has 0 saturated carbocycles. The van der Waals surface area contributed by atoms with Gasteiger partial charge in [-0.2, -0.15) is 0 Å². The fraction of sp³-hybridized carbons (Fsp3) is 0.269. The number of ether oxygens (including phenoxy) is 1. The molecule has 1 heterocycles. The minimum Gasteiger partial charge on any atom is -0.504 e. The molecule has 1 atom stereocenters. The van der Waals surface area contributed by atoms with E-state index in [1.165, 1.54) is 7.11 Å². The van der Waals surface area contributed by atoms with Crippen molar-refractivity contribution < 1.29 is 14.6 Å². The number of nitrogens with one attached hydrogen (secondary N) is 1. The standard InChI is InChI=1S/C26H24BrNO3/c1-26(2)12-17-23-15-7-5-4-6-14(15)8-9-19(23)28-25(24(17)21(30)13-26)16-10-22(31-3)20(29)11-18(16)27/h4-11,25,28-29H,12-13H2,1-3H3/t25-/m1/s1. The predicted octanol–water partition coefficient (Wildman–Crippen LogP) is 6.63. The first-order chi connectivity index (χ1) is 14.8. The second-order valence-electron chi connectivity index (χ2n) is 9.17. The monoisotopic (exact) mass is 477 g/mol. The second-order valence-corrected chi connectivity index (χ2v) is 10.0. The lowest BCUT2D eigenvalue weighted by molar-refractivity contribution is -0.118. The maximum absolute atomic E-state index is 13.5. The molecule has 2 N–H and O–H groups in total. The fourth-order valence-electron chi connectivity index (χ4n) is 5.01. The van der Waals surface area contributed by atoms with Gasteiger partial charge in [-0.1, -0.05) is 60.1 Å². The zero-order valence-electron chi connectivity index (χ0n) is 17.8. The molecular formula is C26H24BrNO3. The van der Waals surface area contributed by atoms with E-state index < -0.39 is 0 Å². The van der Waals surface area contributed by atoms with Crippen molar-refractivity contribution in [1.29, 1.82) is 0 Å². The van der Waals surface area contributed by atoms with Crippen LogP contribution in [0.2, 0.25) is 0 Å². The van der Waals surface area contributed by atoms with E-state index in [2.05, 4.69) is 59.4 Å². The van der Waals surface area contributed by atoms with E-state index in [1.54, 1.807) is 12.1 Å². The van der Waals surface area contributed by atoms with E-state index in [0.29, 0.717) is 12.2 Å². The topological polar surface area (TPSA) is 58.6 Å². The van der Waals surface area contributed by atoms with Gasteiger partial charge in [0, 0.05) is 27.7 Å². The summed E-state index contributed by atoms with van der Waals surface area (Å²) in [7, 11) is 1.53. The molecule has 5 heteroatoms. The summed E-state index contributed by atoms with van der Waals surface area (Å²) in [6, 6.07) is 15.7. The van der Waals surface area contributed by atoms with E-state index in [9.17, 15) is 9.90 Å². The van der Waals surface area contributed by atoms with Crippen LogP contribution in [0.5, 0.6) is 11.5 Å². The van der Waals surface area contributed by atoms with E-state index in [-0.39, 0.29) is 23.0 Å². The zero-order valence-corrected chi connectivity index (χ0v) is 19.3. The highest BCUT2D eigenvalue weighted by Crippen LogP contribution is 2.53. The minimum atomic E-state index is -0.323. The summed E-state index contributed by atoms with van der Waals surface area (Å²) in [4.78, 5) is 13.5. The zero-order chi connectivity index (χ0) is 21.9. The van der Waals surface area contributed by atoms with Crippen LogP contribution >= 0.6 is 15.9 Å². The molecule has 3 aromatic carbocycles. The molecule has 158 valence electrons. The number of benzene rings is 3. The highest BCUT2D eigenvalue weighted by atomic mass is 79.9. The smallest absolute Gasteiger partial charge is 0.162 e. The van der Waals surface area contributed by atoms with Crippen molar-refractivity contribution >= 4 is 43.7 Å². The summed E-state index contributed by atoms with van der Waals surface area (Å²) in [5, 5.41) is 16.1. The number of anilines is 1. The number of Topliss-reactive ketones (excluding diaryl/α,β-unsaturated/α-hetero) is 1. The van der Waals surface area contributed by atoms with Gasteiger partial charge >= 0.3 is 0 Å². The Morgan fingerprint density at radius 2 is 1.90 bits per heavy atom. The number of ketones is 1. The molecule has 0 bridgehead atoms. The number of aromatic hydroxyl groups is 1. The van der Waals surface area contributed by atoms with Gasteiger partial charge < -0.3 is 15.2 Å². The van der Waals surface area contributed by atoms with Gasteiger partial charge in [-0.05, 0) is 51.9 Å². The number of carbonyl (C=O) groups excluding carboxylic acids is 1. The van der Waals surface area contributed by atoms with Gasteiger partial charge in [0.05, 0.1) is 13.2 Å². The molecule has 0 amide bonds. The largest absolute Gasteiger partial charge is 0.504 e. The minimum absolute atomic E-state index is 0.0608. The summed E-state index contributed by atoms with van der Waals surface area (Å²) in [5.41, 5.74) is 4.86. The molecule has 3 aromatic rings. The molecule has 1 aliphatic heterocycles. The second kappa shape index (κ2) is 7.13. The van der Waals surface area contributed by atoms with Crippen LogP contribution in [0.25, 0.3) is 16.3 Å². The third kappa shape index (κ3) is 3.23. The van der Waals surface area contributed by atoms with Crippen LogP contribution < -0.4 is 10.1 Å². The first-order valence-corrected chi connectivity index (χ1v) is 11.2. The lowest BCUT2D eigenvalue weighted by Crippen LogP contribution is -2.33. The Kier molecular flexibility index (Phi) is 4.63. The highest BCUT2D eigenvalue weighted by molar-refractivity contribution is 9.10. The molecule has 5 rings (SSSR count). The van der Waals surface area contributed by atoms with Gasteiger partial charge in [0.2, 0.25) is 0 Å². The van der Waals surface area contributed by atoms with Gasteiger partial charge in [0.25, 0.3) is 0 Å². The van der Waals surface area contributed by atoms with Crippen molar-refractivity contribution in [2.45, 2.75) is 32.7 Å². The molecule has 2 aliphatic rings. The number of halogens is 1. The van der Waals surface area contributed by atoms with E-state index in [4.69, 9.17) is 4.74 Å². The maximum Gasteiger partial charge on any atom is 0.162 e. The van der Waals surface area contributed by atoms with E-state index in [1.807, 2.05) is 12.1 Å². The highest BCUT2D eigenvalue weighted by Gasteiger charge is 2.41. The molecule has 0 radical (unpaired) electrons. The first kappa shape index (κ1) is 20.1. The van der Waals surface area contributed by atoms with Crippen molar-refractivity contribution in [1.82, 2.24) is 0 Å². The number of fused-ring (bicyclic) bond motifs is 4.